The minimum atomic E-state index is 1.13. The zero-order chi connectivity index (χ0) is 13.0. The summed E-state index contributed by atoms with van der Waals surface area (Å²) in [4.78, 5) is 0. The lowest BCUT2D eigenvalue weighted by Gasteiger charge is -2.00. The van der Waals surface area contributed by atoms with Gasteiger partial charge >= 0.3 is 0 Å². The van der Waals surface area contributed by atoms with Crippen molar-refractivity contribution in [2.24, 2.45) is 0 Å². The van der Waals surface area contributed by atoms with Crippen LogP contribution < -0.4 is 0 Å². The van der Waals surface area contributed by atoms with Gasteiger partial charge in [0.2, 0.25) is 0 Å². The smallest absolute Gasteiger partial charge is 0.0534 e. The number of nitrogens with zero attached hydrogens (tertiary/aromatic N) is 1. The summed E-state index contributed by atoms with van der Waals surface area (Å²) in [6.07, 6.45) is 11.8. The zero-order valence-corrected chi connectivity index (χ0v) is 10.6. The van der Waals surface area contributed by atoms with Gasteiger partial charge in [-0.25, -0.2) is 0 Å². The number of para-hydroxylation sites is 1. The molecule has 2 rings (SSSR count). The largest absolute Gasteiger partial charge is 0.317 e. The Hall–Kier alpha value is -2.28. The Morgan fingerprint density at radius 1 is 1.11 bits per heavy atom. The molecule has 0 fully saturated rings. The molecule has 0 bridgehead atoms. The molecule has 1 aromatic carbocycles. The quantitative estimate of drug-likeness (QED) is 0.659. The first kappa shape index (κ1) is 12.2. The predicted molar refractivity (Wildman–Crippen MR) is 82.3 cm³/mol. The third kappa shape index (κ3) is 1.95. The second-order valence-electron chi connectivity index (χ2n) is 3.96. The third-order valence-electron chi connectivity index (χ3n) is 2.90. The summed E-state index contributed by atoms with van der Waals surface area (Å²) in [7, 11) is 0. The SMILES string of the molecule is C=C/C=C\c1c(/C=C/C)c2ccccc2n1C=C. The first-order valence-electron chi connectivity index (χ1n) is 6.00. The molecule has 0 amide bonds. The van der Waals surface area contributed by atoms with Crippen molar-refractivity contribution in [3.63, 3.8) is 0 Å². The van der Waals surface area contributed by atoms with Crippen LogP contribution in [0.15, 0.2) is 55.7 Å². The van der Waals surface area contributed by atoms with Crippen molar-refractivity contribution in [2.45, 2.75) is 6.92 Å². The fourth-order valence-corrected chi connectivity index (χ4v) is 2.18. The molecule has 0 aliphatic carbocycles. The number of fused-ring (bicyclic) bond motifs is 1. The molecule has 18 heavy (non-hydrogen) atoms. The summed E-state index contributed by atoms with van der Waals surface area (Å²) in [5, 5.41) is 1.24. The molecule has 2 aromatic rings. The van der Waals surface area contributed by atoms with Gasteiger partial charge in [0.15, 0.2) is 0 Å². The number of aromatic nitrogens is 1. The Labute approximate surface area is 108 Å². The van der Waals surface area contributed by atoms with Crippen LogP contribution in [0.25, 0.3) is 29.3 Å². The third-order valence-corrected chi connectivity index (χ3v) is 2.90. The van der Waals surface area contributed by atoms with E-state index in [2.05, 4.69) is 54.2 Å². The van der Waals surface area contributed by atoms with Gasteiger partial charge in [0.25, 0.3) is 0 Å². The standard InChI is InChI=1S/C17H17N/c1-4-7-12-16-14(10-5-2)15-11-8-9-13-17(15)18(16)6-3/h4-13H,1,3H2,2H3/b10-5+,12-7-. The average Bonchev–Trinajstić information content (AvgIpc) is 2.70. The molecule has 0 saturated heterocycles. The Bertz CT molecular complexity index is 639. The number of benzene rings is 1. The Kier molecular flexibility index (Phi) is 3.63. The molecule has 1 heterocycles. The molecule has 90 valence electrons. The van der Waals surface area contributed by atoms with Crippen LogP contribution in [0.2, 0.25) is 0 Å². The second-order valence-corrected chi connectivity index (χ2v) is 3.96. The lowest BCUT2D eigenvalue weighted by molar-refractivity contribution is 1.20. The van der Waals surface area contributed by atoms with E-state index in [0.29, 0.717) is 0 Å². The van der Waals surface area contributed by atoms with Crippen molar-refractivity contribution in [1.82, 2.24) is 4.57 Å². The lowest BCUT2D eigenvalue weighted by atomic mass is 10.1. The van der Waals surface area contributed by atoms with Crippen molar-refractivity contribution in [3.05, 3.63) is 66.9 Å². The molecule has 0 unspecified atom stereocenters. The van der Waals surface area contributed by atoms with E-state index < -0.39 is 0 Å². The van der Waals surface area contributed by atoms with Crippen molar-refractivity contribution in [1.29, 1.82) is 0 Å². The predicted octanol–water partition coefficient (Wildman–Crippen LogP) is 4.97. The molecule has 1 heteroatoms. The molecule has 0 aliphatic rings. The fraction of sp³-hybridized carbons (Fsp3) is 0.0588. The van der Waals surface area contributed by atoms with E-state index in [1.54, 1.807) is 6.08 Å². The molecule has 0 N–H and O–H groups in total. The van der Waals surface area contributed by atoms with Gasteiger partial charge in [0.05, 0.1) is 11.2 Å². The summed E-state index contributed by atoms with van der Waals surface area (Å²) in [6, 6.07) is 8.34. The molecule has 1 nitrogen and oxygen atoms in total. The number of allylic oxidation sites excluding steroid dienone is 3. The zero-order valence-electron chi connectivity index (χ0n) is 10.6. The first-order chi connectivity index (χ1) is 8.83. The van der Waals surface area contributed by atoms with Crippen molar-refractivity contribution >= 4 is 29.3 Å². The minimum Gasteiger partial charge on any atom is -0.317 e. The van der Waals surface area contributed by atoms with Gasteiger partial charge in [-0.3, -0.25) is 0 Å². The van der Waals surface area contributed by atoms with Gasteiger partial charge in [-0.1, -0.05) is 55.7 Å². The maximum Gasteiger partial charge on any atom is 0.0534 e. The van der Waals surface area contributed by atoms with Gasteiger partial charge in [0, 0.05) is 17.1 Å². The van der Waals surface area contributed by atoms with E-state index in [-0.39, 0.29) is 0 Å². The Morgan fingerprint density at radius 2 is 1.89 bits per heavy atom. The van der Waals surface area contributed by atoms with E-state index in [9.17, 15) is 0 Å². The van der Waals surface area contributed by atoms with Gasteiger partial charge < -0.3 is 4.57 Å². The van der Waals surface area contributed by atoms with Crippen LogP contribution in [-0.2, 0) is 0 Å². The number of rotatable bonds is 4. The molecule has 0 atom stereocenters. The topological polar surface area (TPSA) is 4.93 Å². The highest BCUT2D eigenvalue weighted by molar-refractivity contribution is 5.95. The van der Waals surface area contributed by atoms with E-state index >= 15 is 0 Å². The van der Waals surface area contributed by atoms with Crippen LogP contribution in [0.5, 0.6) is 0 Å². The van der Waals surface area contributed by atoms with Crippen LogP contribution in [-0.4, -0.2) is 4.57 Å². The van der Waals surface area contributed by atoms with Crippen LogP contribution in [0.3, 0.4) is 0 Å². The fourth-order valence-electron chi connectivity index (χ4n) is 2.18. The normalized spacial score (nSPS) is 11.6. The molecular weight excluding hydrogens is 218 g/mol. The van der Waals surface area contributed by atoms with E-state index in [1.807, 2.05) is 25.3 Å². The molecule has 0 radical (unpaired) electrons. The minimum absolute atomic E-state index is 1.13. The van der Waals surface area contributed by atoms with E-state index in [4.69, 9.17) is 0 Å². The Balaban J connectivity index is 2.86. The van der Waals surface area contributed by atoms with Crippen LogP contribution in [0.4, 0.5) is 0 Å². The summed E-state index contributed by atoms with van der Waals surface area (Å²) >= 11 is 0. The maximum atomic E-state index is 3.90. The summed E-state index contributed by atoms with van der Waals surface area (Å²) in [5.41, 5.74) is 3.51. The van der Waals surface area contributed by atoms with Gasteiger partial charge in [-0.2, -0.15) is 0 Å². The van der Waals surface area contributed by atoms with Gasteiger partial charge in [0.1, 0.15) is 0 Å². The average molecular weight is 235 g/mol. The van der Waals surface area contributed by atoms with Crippen molar-refractivity contribution < 1.29 is 0 Å². The van der Waals surface area contributed by atoms with Crippen molar-refractivity contribution in [3.8, 4) is 0 Å². The highest BCUT2D eigenvalue weighted by atomic mass is 15.0. The summed E-state index contributed by atoms with van der Waals surface area (Å²) in [6.45, 7) is 9.65. The highest BCUT2D eigenvalue weighted by Crippen LogP contribution is 2.28. The van der Waals surface area contributed by atoms with E-state index in [0.717, 1.165) is 5.69 Å². The maximum absolute atomic E-state index is 3.90. The number of hydrogen-bond donors (Lipinski definition) is 0. The van der Waals surface area contributed by atoms with E-state index in [1.165, 1.54) is 16.5 Å². The summed E-state index contributed by atoms with van der Waals surface area (Å²) in [5.74, 6) is 0. The van der Waals surface area contributed by atoms with Crippen LogP contribution >= 0.6 is 0 Å². The molecule has 1 aromatic heterocycles. The lowest BCUT2D eigenvalue weighted by Crippen LogP contribution is -1.88. The Morgan fingerprint density at radius 3 is 2.56 bits per heavy atom. The van der Waals surface area contributed by atoms with Gasteiger partial charge in [-0.05, 0) is 19.1 Å². The summed E-state index contributed by atoms with van der Waals surface area (Å²) < 4.78 is 2.10. The highest BCUT2D eigenvalue weighted by Gasteiger charge is 2.10. The van der Waals surface area contributed by atoms with Crippen LogP contribution in [0.1, 0.15) is 18.2 Å². The monoisotopic (exact) mass is 235 g/mol. The first-order valence-corrected chi connectivity index (χ1v) is 6.00. The van der Waals surface area contributed by atoms with Gasteiger partial charge in [-0.15, -0.1) is 0 Å². The van der Waals surface area contributed by atoms with Crippen molar-refractivity contribution in [2.75, 3.05) is 0 Å². The molecule has 0 aliphatic heterocycles. The second kappa shape index (κ2) is 5.37. The molecular formula is C17H17N. The number of hydrogen-bond acceptors (Lipinski definition) is 0. The van der Waals surface area contributed by atoms with Crippen LogP contribution in [0, 0.1) is 0 Å². The molecule has 0 spiro atoms. The molecule has 0 saturated carbocycles.